The molecular formula is C20H26N2O4S. The van der Waals surface area contributed by atoms with Crippen LogP contribution in [-0.4, -0.2) is 34.2 Å². The molecular weight excluding hydrogens is 364 g/mol. The standard InChI is InChI=1S/C20H26N2O4S/c1-14-9-8-11-18(15(14)2)22(27(5,24)25)13-20(23)21-16(3)17-10-6-7-12-19(17)26-4/h6-12,16H,13H2,1-5H3,(H,21,23)/t16-/m1/s1. The van der Waals surface area contributed by atoms with Gasteiger partial charge in [0.15, 0.2) is 0 Å². The molecule has 0 heterocycles. The van der Waals surface area contributed by atoms with Crippen molar-refractivity contribution in [2.75, 3.05) is 24.2 Å². The molecule has 0 spiro atoms. The molecule has 0 aliphatic heterocycles. The molecule has 0 aliphatic rings. The maximum absolute atomic E-state index is 12.6. The quantitative estimate of drug-likeness (QED) is 0.789. The summed E-state index contributed by atoms with van der Waals surface area (Å²) in [5, 5.41) is 2.85. The van der Waals surface area contributed by atoms with E-state index in [9.17, 15) is 13.2 Å². The van der Waals surface area contributed by atoms with Crippen LogP contribution in [0.3, 0.4) is 0 Å². The molecule has 27 heavy (non-hydrogen) atoms. The Morgan fingerprint density at radius 1 is 1.15 bits per heavy atom. The number of methoxy groups -OCH3 is 1. The van der Waals surface area contributed by atoms with Gasteiger partial charge in [0.2, 0.25) is 15.9 Å². The first-order valence-corrected chi connectivity index (χ1v) is 10.5. The highest BCUT2D eigenvalue weighted by Gasteiger charge is 2.24. The van der Waals surface area contributed by atoms with E-state index in [1.54, 1.807) is 19.2 Å². The zero-order valence-corrected chi connectivity index (χ0v) is 17.1. The Hall–Kier alpha value is -2.54. The molecule has 0 unspecified atom stereocenters. The van der Waals surface area contributed by atoms with Crippen LogP contribution < -0.4 is 14.4 Å². The number of carbonyl (C=O) groups is 1. The highest BCUT2D eigenvalue weighted by molar-refractivity contribution is 7.92. The highest BCUT2D eigenvalue weighted by atomic mass is 32.2. The fourth-order valence-electron chi connectivity index (χ4n) is 2.91. The molecule has 0 bridgehead atoms. The van der Waals surface area contributed by atoms with Crippen LogP contribution in [0.25, 0.3) is 0 Å². The van der Waals surface area contributed by atoms with Gasteiger partial charge < -0.3 is 10.1 Å². The number of hydrogen-bond acceptors (Lipinski definition) is 4. The molecule has 7 heteroatoms. The molecule has 2 rings (SSSR count). The summed E-state index contributed by atoms with van der Waals surface area (Å²) in [4.78, 5) is 12.6. The number of nitrogens with zero attached hydrogens (tertiary/aromatic N) is 1. The Bertz CT molecular complexity index is 925. The first kappa shape index (κ1) is 20.8. The van der Waals surface area contributed by atoms with Crippen LogP contribution in [-0.2, 0) is 14.8 Å². The summed E-state index contributed by atoms with van der Waals surface area (Å²) < 4.78 is 31.1. The molecule has 1 amide bonds. The second-order valence-electron chi connectivity index (χ2n) is 6.52. The Balaban J connectivity index is 2.23. The monoisotopic (exact) mass is 390 g/mol. The van der Waals surface area contributed by atoms with E-state index in [4.69, 9.17) is 4.74 Å². The molecule has 146 valence electrons. The number of carbonyl (C=O) groups excluding carboxylic acids is 1. The third-order valence-electron chi connectivity index (χ3n) is 4.52. The summed E-state index contributed by atoms with van der Waals surface area (Å²) in [6.45, 7) is 5.29. The molecule has 0 saturated carbocycles. The van der Waals surface area contributed by atoms with Crippen molar-refractivity contribution in [1.82, 2.24) is 5.32 Å². The molecule has 1 N–H and O–H groups in total. The van der Waals surface area contributed by atoms with Crippen molar-refractivity contribution < 1.29 is 17.9 Å². The lowest BCUT2D eigenvalue weighted by Gasteiger charge is -2.25. The summed E-state index contributed by atoms with van der Waals surface area (Å²) in [5.41, 5.74) is 3.13. The highest BCUT2D eigenvalue weighted by Crippen LogP contribution is 2.26. The summed E-state index contributed by atoms with van der Waals surface area (Å²) in [5.74, 6) is 0.277. The van der Waals surface area contributed by atoms with Crippen molar-refractivity contribution in [1.29, 1.82) is 0 Å². The second-order valence-corrected chi connectivity index (χ2v) is 8.43. The fourth-order valence-corrected chi connectivity index (χ4v) is 3.81. The maximum atomic E-state index is 12.6. The molecule has 0 aromatic heterocycles. The third-order valence-corrected chi connectivity index (χ3v) is 5.64. The Kier molecular flexibility index (Phi) is 6.49. The van der Waals surface area contributed by atoms with Gasteiger partial charge in [-0.05, 0) is 44.0 Å². The molecule has 0 aliphatic carbocycles. The number of sulfonamides is 1. The summed E-state index contributed by atoms with van der Waals surface area (Å²) in [7, 11) is -2.05. The van der Waals surface area contributed by atoms with Gasteiger partial charge in [0.05, 0.1) is 25.1 Å². The average Bonchev–Trinajstić information content (AvgIpc) is 2.61. The lowest BCUT2D eigenvalue weighted by atomic mass is 10.1. The Morgan fingerprint density at radius 2 is 1.81 bits per heavy atom. The smallest absolute Gasteiger partial charge is 0.241 e. The number of anilines is 1. The number of hydrogen-bond donors (Lipinski definition) is 1. The van der Waals surface area contributed by atoms with Gasteiger partial charge in [-0.2, -0.15) is 0 Å². The van der Waals surface area contributed by atoms with Gasteiger partial charge in [0.1, 0.15) is 12.3 Å². The van der Waals surface area contributed by atoms with Crippen LogP contribution in [0.2, 0.25) is 0 Å². The van der Waals surface area contributed by atoms with E-state index in [0.717, 1.165) is 27.3 Å². The fraction of sp³-hybridized carbons (Fsp3) is 0.350. The zero-order valence-electron chi connectivity index (χ0n) is 16.3. The molecule has 6 nitrogen and oxygen atoms in total. The largest absolute Gasteiger partial charge is 0.496 e. The van der Waals surface area contributed by atoms with E-state index >= 15 is 0 Å². The predicted octanol–water partition coefficient (Wildman–Crippen LogP) is 2.96. The van der Waals surface area contributed by atoms with E-state index in [1.165, 1.54) is 0 Å². The maximum Gasteiger partial charge on any atom is 0.241 e. The van der Waals surface area contributed by atoms with Crippen LogP contribution in [0.5, 0.6) is 5.75 Å². The number of para-hydroxylation sites is 1. The molecule has 0 radical (unpaired) electrons. The minimum Gasteiger partial charge on any atom is -0.496 e. The van der Waals surface area contributed by atoms with Crippen molar-refractivity contribution in [3.63, 3.8) is 0 Å². The summed E-state index contributed by atoms with van der Waals surface area (Å²) in [6, 6.07) is 12.5. The lowest BCUT2D eigenvalue weighted by molar-refractivity contribution is -0.120. The number of amides is 1. The third kappa shape index (κ3) is 5.01. The van der Waals surface area contributed by atoms with Crippen LogP contribution in [0, 0.1) is 13.8 Å². The van der Waals surface area contributed by atoms with Gasteiger partial charge in [0.25, 0.3) is 0 Å². The van der Waals surface area contributed by atoms with Gasteiger partial charge in [-0.25, -0.2) is 8.42 Å². The van der Waals surface area contributed by atoms with E-state index in [1.807, 2.05) is 51.1 Å². The van der Waals surface area contributed by atoms with Crippen molar-refractivity contribution in [3.8, 4) is 5.75 Å². The molecule has 1 atom stereocenters. The Labute approximate surface area is 161 Å². The Morgan fingerprint density at radius 3 is 2.44 bits per heavy atom. The molecule has 2 aromatic rings. The average molecular weight is 391 g/mol. The van der Waals surface area contributed by atoms with Crippen molar-refractivity contribution in [3.05, 3.63) is 59.2 Å². The molecule has 2 aromatic carbocycles. The number of benzene rings is 2. The van der Waals surface area contributed by atoms with Gasteiger partial charge in [0, 0.05) is 5.56 Å². The van der Waals surface area contributed by atoms with Crippen LogP contribution >= 0.6 is 0 Å². The molecule has 0 saturated heterocycles. The minimum absolute atomic E-state index is 0.289. The van der Waals surface area contributed by atoms with Crippen molar-refractivity contribution in [2.24, 2.45) is 0 Å². The molecule has 0 fully saturated rings. The van der Waals surface area contributed by atoms with E-state index < -0.39 is 10.0 Å². The second kappa shape index (κ2) is 8.43. The first-order chi connectivity index (χ1) is 12.6. The summed E-state index contributed by atoms with van der Waals surface area (Å²) in [6.07, 6.45) is 1.10. The predicted molar refractivity (Wildman–Crippen MR) is 108 cm³/mol. The summed E-state index contributed by atoms with van der Waals surface area (Å²) >= 11 is 0. The van der Waals surface area contributed by atoms with Crippen LogP contribution in [0.15, 0.2) is 42.5 Å². The number of aryl methyl sites for hydroxylation is 1. The number of rotatable bonds is 7. The van der Waals surface area contributed by atoms with Crippen molar-refractivity contribution >= 4 is 21.6 Å². The van der Waals surface area contributed by atoms with E-state index in [0.29, 0.717) is 11.4 Å². The van der Waals surface area contributed by atoms with Crippen molar-refractivity contribution in [2.45, 2.75) is 26.8 Å². The van der Waals surface area contributed by atoms with Gasteiger partial charge >= 0.3 is 0 Å². The normalized spacial score (nSPS) is 12.3. The lowest BCUT2D eigenvalue weighted by Crippen LogP contribution is -2.41. The van der Waals surface area contributed by atoms with Gasteiger partial charge in [-0.15, -0.1) is 0 Å². The number of ether oxygens (including phenoxy) is 1. The topological polar surface area (TPSA) is 75.7 Å². The minimum atomic E-state index is -3.62. The van der Waals surface area contributed by atoms with Gasteiger partial charge in [-0.1, -0.05) is 30.3 Å². The SMILES string of the molecule is COc1ccccc1[C@@H](C)NC(=O)CN(c1cccc(C)c1C)S(C)(=O)=O. The van der Waals surface area contributed by atoms with Crippen LogP contribution in [0.1, 0.15) is 29.7 Å². The van der Waals surface area contributed by atoms with E-state index in [-0.39, 0.29) is 18.5 Å². The van der Waals surface area contributed by atoms with E-state index in [2.05, 4.69) is 5.32 Å². The van der Waals surface area contributed by atoms with Crippen LogP contribution in [0.4, 0.5) is 5.69 Å². The van der Waals surface area contributed by atoms with Gasteiger partial charge in [-0.3, -0.25) is 9.10 Å². The zero-order chi connectivity index (χ0) is 20.2. The number of nitrogens with one attached hydrogen (secondary N) is 1. The first-order valence-electron chi connectivity index (χ1n) is 8.61.